The van der Waals surface area contributed by atoms with Gasteiger partial charge in [0.25, 0.3) is 0 Å². The minimum absolute atomic E-state index is 0.161. The van der Waals surface area contributed by atoms with E-state index in [2.05, 4.69) is 31.4 Å². The van der Waals surface area contributed by atoms with Crippen LogP contribution in [0, 0.1) is 11.3 Å². The Morgan fingerprint density at radius 3 is 2.60 bits per heavy atom. The van der Waals surface area contributed by atoms with Gasteiger partial charge >= 0.3 is 5.97 Å². The minimum atomic E-state index is -0.362. The molecule has 1 aromatic rings. The van der Waals surface area contributed by atoms with Crippen molar-refractivity contribution in [1.29, 1.82) is 0 Å². The molecule has 138 valence electrons. The molecule has 0 bridgehead atoms. The summed E-state index contributed by atoms with van der Waals surface area (Å²) in [6.45, 7) is 8.53. The lowest BCUT2D eigenvalue weighted by molar-refractivity contribution is -0.119. The number of hydrogen-bond donors (Lipinski definition) is 2. The second kappa shape index (κ2) is 7.83. The van der Waals surface area contributed by atoms with Crippen LogP contribution >= 0.6 is 23.6 Å². The number of thiophene rings is 1. The van der Waals surface area contributed by atoms with E-state index in [1.165, 1.54) is 23.3 Å². The molecule has 0 spiro atoms. The van der Waals surface area contributed by atoms with E-state index in [0.717, 1.165) is 24.8 Å². The maximum Gasteiger partial charge on any atom is 0.341 e. The Balaban J connectivity index is 2.31. The first-order valence-corrected chi connectivity index (χ1v) is 9.73. The number of esters is 1. The Kier molecular flexibility index (Phi) is 6.21. The molecular weight excluding hydrogens is 356 g/mol. The Morgan fingerprint density at radius 2 is 2.04 bits per heavy atom. The maximum atomic E-state index is 12.3. The second-order valence-electron chi connectivity index (χ2n) is 7.36. The van der Waals surface area contributed by atoms with Crippen molar-refractivity contribution in [3.63, 3.8) is 0 Å². The van der Waals surface area contributed by atoms with Gasteiger partial charge in [0.15, 0.2) is 5.11 Å². The second-order valence-corrected chi connectivity index (χ2v) is 8.87. The number of methoxy groups -OCH3 is 1. The summed E-state index contributed by atoms with van der Waals surface area (Å²) in [6.07, 6.45) is 3.20. The lowest BCUT2D eigenvalue weighted by atomic mass is 9.72. The number of amides is 1. The molecule has 1 amide bonds. The summed E-state index contributed by atoms with van der Waals surface area (Å²) in [5, 5.41) is 6.50. The summed E-state index contributed by atoms with van der Waals surface area (Å²) in [4.78, 5) is 25.0. The van der Waals surface area contributed by atoms with E-state index in [4.69, 9.17) is 17.0 Å². The standard InChI is InChI=1S/C18H26N2O3S2/c1-6-13(21)19-17(24)20-15-14(16(22)23-5)11-8-7-10(18(2,3)4)9-12(11)25-15/h10H,6-9H2,1-5H3,(H2,19,20,21,24). The Labute approximate surface area is 158 Å². The molecule has 1 atom stereocenters. The van der Waals surface area contributed by atoms with Crippen LogP contribution in [-0.2, 0) is 22.4 Å². The third kappa shape index (κ3) is 4.58. The summed E-state index contributed by atoms with van der Waals surface area (Å²) in [5.74, 6) is 0.0498. The van der Waals surface area contributed by atoms with Crippen molar-refractivity contribution in [1.82, 2.24) is 5.32 Å². The zero-order valence-corrected chi connectivity index (χ0v) is 17.1. The number of rotatable bonds is 3. The number of ether oxygens (including phenoxy) is 1. The molecule has 0 radical (unpaired) electrons. The van der Waals surface area contributed by atoms with Gasteiger partial charge < -0.3 is 15.4 Å². The lowest BCUT2D eigenvalue weighted by Crippen LogP contribution is -2.33. The highest BCUT2D eigenvalue weighted by Crippen LogP contribution is 2.44. The summed E-state index contributed by atoms with van der Waals surface area (Å²) in [6, 6.07) is 0. The van der Waals surface area contributed by atoms with Crippen LogP contribution in [0.15, 0.2) is 0 Å². The van der Waals surface area contributed by atoms with Gasteiger partial charge in [-0.2, -0.15) is 0 Å². The fourth-order valence-corrected chi connectivity index (χ4v) is 4.68. The number of anilines is 1. The Bertz CT molecular complexity index is 689. The topological polar surface area (TPSA) is 67.4 Å². The molecule has 1 aliphatic carbocycles. The molecule has 1 aromatic heterocycles. The predicted molar refractivity (Wildman–Crippen MR) is 105 cm³/mol. The van der Waals surface area contributed by atoms with Crippen LogP contribution in [0.3, 0.4) is 0 Å². The van der Waals surface area contributed by atoms with E-state index >= 15 is 0 Å². The van der Waals surface area contributed by atoms with Gasteiger partial charge in [-0.25, -0.2) is 4.79 Å². The zero-order chi connectivity index (χ0) is 18.8. The van der Waals surface area contributed by atoms with Crippen LogP contribution in [0.1, 0.15) is 61.3 Å². The average molecular weight is 383 g/mol. The zero-order valence-electron chi connectivity index (χ0n) is 15.4. The van der Waals surface area contributed by atoms with Gasteiger partial charge in [-0.05, 0) is 48.4 Å². The first-order chi connectivity index (χ1) is 11.7. The van der Waals surface area contributed by atoms with Gasteiger partial charge in [0.2, 0.25) is 5.91 Å². The third-order valence-electron chi connectivity index (χ3n) is 4.68. The molecule has 0 saturated heterocycles. The lowest BCUT2D eigenvalue weighted by Gasteiger charge is -2.33. The summed E-state index contributed by atoms with van der Waals surface area (Å²) in [5.41, 5.74) is 1.85. The van der Waals surface area contributed by atoms with E-state index in [-0.39, 0.29) is 22.4 Å². The molecule has 2 rings (SSSR count). The number of hydrogen-bond acceptors (Lipinski definition) is 5. The number of nitrogens with one attached hydrogen (secondary N) is 2. The monoisotopic (exact) mass is 382 g/mol. The molecule has 25 heavy (non-hydrogen) atoms. The highest BCUT2D eigenvalue weighted by Gasteiger charge is 2.34. The van der Waals surface area contributed by atoms with Crippen molar-refractivity contribution >= 4 is 45.5 Å². The molecule has 5 nitrogen and oxygen atoms in total. The molecule has 0 aromatic carbocycles. The van der Waals surface area contributed by atoms with Crippen LogP contribution in [0.25, 0.3) is 0 Å². The van der Waals surface area contributed by atoms with Crippen molar-refractivity contribution < 1.29 is 14.3 Å². The van der Waals surface area contributed by atoms with Crippen LogP contribution < -0.4 is 10.6 Å². The summed E-state index contributed by atoms with van der Waals surface area (Å²) < 4.78 is 4.98. The van der Waals surface area contributed by atoms with Gasteiger partial charge in [-0.3, -0.25) is 4.79 Å². The molecule has 0 aliphatic heterocycles. The highest BCUT2D eigenvalue weighted by atomic mass is 32.1. The van der Waals surface area contributed by atoms with Crippen LogP contribution in [0.2, 0.25) is 0 Å². The molecular formula is C18H26N2O3S2. The van der Waals surface area contributed by atoms with Crippen molar-refractivity contribution in [3.05, 3.63) is 16.0 Å². The van der Waals surface area contributed by atoms with Crippen LogP contribution in [0.5, 0.6) is 0 Å². The molecule has 1 heterocycles. The first-order valence-electron chi connectivity index (χ1n) is 8.51. The third-order valence-corrected chi connectivity index (χ3v) is 6.05. The number of fused-ring (bicyclic) bond motifs is 1. The van der Waals surface area contributed by atoms with Crippen molar-refractivity contribution in [2.45, 2.75) is 53.4 Å². The van der Waals surface area contributed by atoms with Crippen LogP contribution in [-0.4, -0.2) is 24.1 Å². The number of thiocarbonyl (C=S) groups is 1. The molecule has 2 N–H and O–H groups in total. The van der Waals surface area contributed by atoms with Crippen molar-refractivity contribution in [2.24, 2.45) is 11.3 Å². The first kappa shape index (κ1) is 19.8. The summed E-state index contributed by atoms with van der Waals surface area (Å²) >= 11 is 6.73. The SMILES string of the molecule is CCC(=O)NC(=S)Nc1sc2c(c1C(=O)OC)CCC(C(C)(C)C)C2. The van der Waals surface area contributed by atoms with E-state index < -0.39 is 0 Å². The van der Waals surface area contributed by atoms with E-state index in [0.29, 0.717) is 22.9 Å². The number of carbonyl (C=O) groups is 2. The van der Waals surface area contributed by atoms with Gasteiger partial charge in [-0.15, -0.1) is 11.3 Å². The molecule has 1 unspecified atom stereocenters. The maximum absolute atomic E-state index is 12.3. The van der Waals surface area contributed by atoms with E-state index in [9.17, 15) is 9.59 Å². The summed E-state index contributed by atoms with van der Waals surface area (Å²) in [7, 11) is 1.38. The fraction of sp³-hybridized carbons (Fsp3) is 0.611. The highest BCUT2D eigenvalue weighted by molar-refractivity contribution is 7.80. The normalized spacial score (nSPS) is 16.8. The Morgan fingerprint density at radius 1 is 1.36 bits per heavy atom. The van der Waals surface area contributed by atoms with Crippen molar-refractivity contribution in [3.8, 4) is 0 Å². The van der Waals surface area contributed by atoms with E-state index in [1.54, 1.807) is 6.92 Å². The van der Waals surface area contributed by atoms with Gasteiger partial charge in [-0.1, -0.05) is 27.7 Å². The fourth-order valence-electron chi connectivity index (χ4n) is 3.08. The van der Waals surface area contributed by atoms with Gasteiger partial charge in [0, 0.05) is 11.3 Å². The van der Waals surface area contributed by atoms with Crippen molar-refractivity contribution in [2.75, 3.05) is 12.4 Å². The molecule has 7 heteroatoms. The molecule has 1 aliphatic rings. The largest absolute Gasteiger partial charge is 0.465 e. The average Bonchev–Trinajstić information content (AvgIpc) is 2.89. The smallest absolute Gasteiger partial charge is 0.341 e. The van der Waals surface area contributed by atoms with E-state index in [1.807, 2.05) is 0 Å². The van der Waals surface area contributed by atoms with Gasteiger partial charge in [0.05, 0.1) is 12.7 Å². The molecule has 0 fully saturated rings. The molecule has 0 saturated carbocycles. The Hall–Kier alpha value is -1.47. The minimum Gasteiger partial charge on any atom is -0.465 e. The number of carbonyl (C=O) groups excluding carboxylic acids is 2. The quantitative estimate of drug-likeness (QED) is 0.613. The van der Waals surface area contributed by atoms with Gasteiger partial charge in [0.1, 0.15) is 5.00 Å². The predicted octanol–water partition coefficient (Wildman–Crippen LogP) is 3.91. The van der Waals surface area contributed by atoms with Crippen LogP contribution in [0.4, 0.5) is 5.00 Å².